The van der Waals surface area contributed by atoms with Crippen molar-refractivity contribution in [2.45, 2.75) is 57.1 Å². The van der Waals surface area contributed by atoms with E-state index in [9.17, 15) is 8.42 Å². The van der Waals surface area contributed by atoms with Crippen LogP contribution < -0.4 is 4.74 Å². The van der Waals surface area contributed by atoms with Gasteiger partial charge < -0.3 is 9.47 Å². The van der Waals surface area contributed by atoms with Gasteiger partial charge in [-0.15, -0.1) is 0 Å². The van der Waals surface area contributed by atoms with Gasteiger partial charge in [-0.1, -0.05) is 19.8 Å². The summed E-state index contributed by atoms with van der Waals surface area (Å²) >= 11 is 0. The van der Waals surface area contributed by atoms with Crippen LogP contribution >= 0.6 is 0 Å². The van der Waals surface area contributed by atoms with E-state index in [1.54, 1.807) is 24.3 Å². The van der Waals surface area contributed by atoms with Gasteiger partial charge in [0.15, 0.2) is 0 Å². The highest BCUT2D eigenvalue weighted by molar-refractivity contribution is 7.89. The Morgan fingerprint density at radius 1 is 1.13 bits per heavy atom. The second kappa shape index (κ2) is 8.13. The number of morpholine rings is 1. The van der Waals surface area contributed by atoms with Gasteiger partial charge in [0.25, 0.3) is 0 Å². The van der Waals surface area contributed by atoms with Crippen LogP contribution in [-0.2, 0) is 14.8 Å². The zero-order valence-electron chi connectivity index (χ0n) is 14.2. The van der Waals surface area contributed by atoms with Crippen LogP contribution in [-0.4, -0.2) is 44.6 Å². The highest BCUT2D eigenvalue weighted by Crippen LogP contribution is 2.23. The number of ether oxygens (including phenoxy) is 2. The van der Waals surface area contributed by atoms with Crippen LogP contribution in [0.1, 0.15) is 40.0 Å². The Labute approximate surface area is 139 Å². The van der Waals surface area contributed by atoms with Gasteiger partial charge in [0.1, 0.15) is 5.75 Å². The summed E-state index contributed by atoms with van der Waals surface area (Å²) < 4.78 is 38.2. The molecule has 1 heterocycles. The average Bonchev–Trinajstić information content (AvgIpc) is 2.51. The molecule has 0 bridgehead atoms. The van der Waals surface area contributed by atoms with E-state index in [1.165, 1.54) is 4.31 Å². The molecule has 0 radical (unpaired) electrons. The highest BCUT2D eigenvalue weighted by atomic mass is 32.2. The quantitative estimate of drug-likeness (QED) is 0.715. The molecule has 0 amide bonds. The maximum atomic E-state index is 12.7. The molecule has 0 aromatic heterocycles. The van der Waals surface area contributed by atoms with Crippen LogP contribution in [0, 0.1) is 0 Å². The van der Waals surface area contributed by atoms with E-state index in [2.05, 4.69) is 6.92 Å². The molecule has 2 unspecified atom stereocenters. The molecule has 1 aromatic carbocycles. The molecule has 0 N–H and O–H groups in total. The molecule has 2 atom stereocenters. The molecule has 1 aromatic rings. The topological polar surface area (TPSA) is 55.8 Å². The monoisotopic (exact) mass is 341 g/mol. The number of sulfonamides is 1. The molecule has 1 fully saturated rings. The Hall–Kier alpha value is -1.11. The Morgan fingerprint density at radius 3 is 2.30 bits per heavy atom. The van der Waals surface area contributed by atoms with Crippen molar-refractivity contribution in [1.82, 2.24) is 4.31 Å². The highest BCUT2D eigenvalue weighted by Gasteiger charge is 2.32. The van der Waals surface area contributed by atoms with E-state index in [0.29, 0.717) is 30.3 Å². The minimum absolute atomic E-state index is 0.0882. The fraction of sp³-hybridized carbons (Fsp3) is 0.647. The summed E-state index contributed by atoms with van der Waals surface area (Å²) in [6, 6.07) is 6.70. The zero-order valence-corrected chi connectivity index (χ0v) is 15.0. The molecular formula is C17H27NO4S. The minimum Gasteiger partial charge on any atom is -0.494 e. The normalized spacial score (nSPS) is 22.9. The van der Waals surface area contributed by atoms with Crippen LogP contribution in [0.5, 0.6) is 5.75 Å². The fourth-order valence-electron chi connectivity index (χ4n) is 2.73. The Kier molecular flexibility index (Phi) is 6.44. The van der Waals surface area contributed by atoms with Crippen LogP contribution in [0.3, 0.4) is 0 Å². The van der Waals surface area contributed by atoms with Gasteiger partial charge >= 0.3 is 0 Å². The van der Waals surface area contributed by atoms with E-state index in [0.717, 1.165) is 19.3 Å². The summed E-state index contributed by atoms with van der Waals surface area (Å²) in [4.78, 5) is 0.305. The fourth-order valence-corrected chi connectivity index (χ4v) is 4.32. The number of hydrogen-bond acceptors (Lipinski definition) is 4. The first kappa shape index (κ1) is 18.2. The van der Waals surface area contributed by atoms with Crippen LogP contribution in [0.4, 0.5) is 0 Å². The van der Waals surface area contributed by atoms with Crippen molar-refractivity contribution < 1.29 is 17.9 Å². The molecule has 1 aliphatic rings. The largest absolute Gasteiger partial charge is 0.494 e. The maximum Gasteiger partial charge on any atom is 0.243 e. The van der Waals surface area contributed by atoms with E-state index in [-0.39, 0.29) is 12.2 Å². The number of benzene rings is 1. The van der Waals surface area contributed by atoms with Crippen molar-refractivity contribution >= 4 is 10.0 Å². The van der Waals surface area contributed by atoms with Crippen LogP contribution in [0.15, 0.2) is 29.2 Å². The summed E-state index contributed by atoms with van der Waals surface area (Å²) in [5, 5.41) is 0. The van der Waals surface area contributed by atoms with Crippen molar-refractivity contribution in [1.29, 1.82) is 0 Å². The van der Waals surface area contributed by atoms with Crippen molar-refractivity contribution in [3.63, 3.8) is 0 Å². The van der Waals surface area contributed by atoms with Gasteiger partial charge in [-0.3, -0.25) is 0 Å². The molecule has 130 valence electrons. The standard InChI is InChI=1S/C17H27NO4S/c1-4-5-6-11-21-16-7-9-17(10-8-16)23(19,20)18-12-14(2)22-15(3)13-18/h7-10,14-15H,4-6,11-13H2,1-3H3. The van der Waals surface area contributed by atoms with E-state index in [4.69, 9.17) is 9.47 Å². The van der Waals surface area contributed by atoms with Crippen molar-refractivity contribution in [3.05, 3.63) is 24.3 Å². The lowest BCUT2D eigenvalue weighted by Crippen LogP contribution is -2.48. The van der Waals surface area contributed by atoms with Crippen LogP contribution in [0.2, 0.25) is 0 Å². The Bertz CT molecular complexity index is 575. The number of hydrogen-bond donors (Lipinski definition) is 0. The molecule has 1 saturated heterocycles. The predicted molar refractivity (Wildman–Crippen MR) is 90.2 cm³/mol. The molecule has 0 spiro atoms. The number of unbranched alkanes of at least 4 members (excludes halogenated alkanes) is 2. The zero-order chi connectivity index (χ0) is 16.9. The third-order valence-corrected chi connectivity index (χ3v) is 5.71. The van der Waals surface area contributed by atoms with Gasteiger partial charge in [0, 0.05) is 13.1 Å². The molecule has 2 rings (SSSR count). The second-order valence-electron chi connectivity index (χ2n) is 6.11. The van der Waals surface area contributed by atoms with Gasteiger partial charge in [-0.05, 0) is 44.5 Å². The third kappa shape index (κ3) is 4.93. The first-order valence-corrected chi connectivity index (χ1v) is 9.76. The summed E-state index contributed by atoms with van der Waals surface area (Å²) in [6.07, 6.45) is 3.13. The van der Waals surface area contributed by atoms with Crippen molar-refractivity contribution in [3.8, 4) is 5.75 Å². The SMILES string of the molecule is CCCCCOc1ccc(S(=O)(=O)N2CC(C)OC(C)C2)cc1. The van der Waals surface area contributed by atoms with Crippen LogP contribution in [0.25, 0.3) is 0 Å². The summed E-state index contributed by atoms with van der Waals surface area (Å²) in [5.74, 6) is 0.712. The molecule has 5 nitrogen and oxygen atoms in total. The molecule has 0 aliphatic carbocycles. The summed E-state index contributed by atoms with van der Waals surface area (Å²) in [6.45, 7) is 7.38. The van der Waals surface area contributed by atoms with E-state index >= 15 is 0 Å². The van der Waals surface area contributed by atoms with E-state index < -0.39 is 10.0 Å². The first-order chi connectivity index (χ1) is 10.9. The van der Waals surface area contributed by atoms with E-state index in [1.807, 2.05) is 13.8 Å². The second-order valence-corrected chi connectivity index (χ2v) is 8.04. The van der Waals surface area contributed by atoms with Gasteiger partial charge in [0.2, 0.25) is 10.0 Å². The Balaban J connectivity index is 2.02. The van der Waals surface area contributed by atoms with Crippen molar-refractivity contribution in [2.75, 3.05) is 19.7 Å². The van der Waals surface area contributed by atoms with Crippen molar-refractivity contribution in [2.24, 2.45) is 0 Å². The molecule has 6 heteroatoms. The van der Waals surface area contributed by atoms with Gasteiger partial charge in [-0.2, -0.15) is 4.31 Å². The lowest BCUT2D eigenvalue weighted by molar-refractivity contribution is -0.0440. The number of nitrogens with zero attached hydrogens (tertiary/aromatic N) is 1. The minimum atomic E-state index is -3.48. The predicted octanol–water partition coefficient (Wildman–Crippen LogP) is 3.05. The lowest BCUT2D eigenvalue weighted by Gasteiger charge is -2.34. The molecule has 0 saturated carbocycles. The maximum absolute atomic E-state index is 12.7. The Morgan fingerprint density at radius 2 is 1.74 bits per heavy atom. The molecular weight excluding hydrogens is 314 g/mol. The first-order valence-electron chi connectivity index (χ1n) is 8.32. The third-order valence-electron chi connectivity index (χ3n) is 3.86. The van der Waals surface area contributed by atoms with Gasteiger partial charge in [0.05, 0.1) is 23.7 Å². The van der Waals surface area contributed by atoms with Gasteiger partial charge in [-0.25, -0.2) is 8.42 Å². The lowest BCUT2D eigenvalue weighted by atomic mass is 10.3. The average molecular weight is 341 g/mol. The molecule has 23 heavy (non-hydrogen) atoms. The molecule has 1 aliphatic heterocycles. The summed E-state index contributed by atoms with van der Waals surface area (Å²) in [7, 11) is -3.48. The number of rotatable bonds is 7. The smallest absolute Gasteiger partial charge is 0.243 e. The summed E-state index contributed by atoms with van der Waals surface area (Å²) in [5.41, 5.74) is 0.